The highest BCUT2D eigenvalue weighted by Crippen LogP contribution is 2.32. The van der Waals surface area contributed by atoms with Gasteiger partial charge in [0.15, 0.2) is 0 Å². The van der Waals surface area contributed by atoms with Crippen LogP contribution in [0.1, 0.15) is 5.56 Å². The fourth-order valence-electron chi connectivity index (χ4n) is 3.95. The Morgan fingerprint density at radius 1 is 0.867 bits per heavy atom. The Bertz CT molecular complexity index is 1210. The lowest BCUT2D eigenvalue weighted by Gasteiger charge is -2.35. The van der Waals surface area contributed by atoms with Gasteiger partial charge in [-0.15, -0.1) is 0 Å². The molecule has 1 fully saturated rings. The molecule has 0 aliphatic carbocycles. The van der Waals surface area contributed by atoms with E-state index in [9.17, 15) is 8.42 Å². The summed E-state index contributed by atoms with van der Waals surface area (Å²) in [6.45, 7) is 2.07. The fourth-order valence-corrected chi connectivity index (χ4v) is 5.58. The van der Waals surface area contributed by atoms with Crippen LogP contribution in [0.25, 0.3) is 10.8 Å². The minimum Gasteiger partial charge on any atom is -0.377 e. The number of benzene rings is 3. The molecule has 1 heterocycles. The van der Waals surface area contributed by atoms with Crippen LogP contribution in [0.4, 0.5) is 11.4 Å². The van der Waals surface area contributed by atoms with Crippen LogP contribution in [0, 0.1) is 11.3 Å². The molecule has 0 unspecified atom stereocenters. The summed E-state index contributed by atoms with van der Waals surface area (Å²) in [6, 6.07) is 20.8. The van der Waals surface area contributed by atoms with Crippen LogP contribution in [0.15, 0.2) is 65.6 Å². The van der Waals surface area contributed by atoms with Crippen molar-refractivity contribution < 1.29 is 8.42 Å². The van der Waals surface area contributed by atoms with Crippen LogP contribution in [0.2, 0.25) is 0 Å². The molecule has 0 saturated carbocycles. The van der Waals surface area contributed by atoms with Gasteiger partial charge in [0.2, 0.25) is 10.0 Å². The summed E-state index contributed by atoms with van der Waals surface area (Å²) in [5.41, 5.74) is 2.62. The van der Waals surface area contributed by atoms with Gasteiger partial charge >= 0.3 is 0 Å². The first kappa shape index (κ1) is 20.2. The second-order valence-electron chi connectivity index (χ2n) is 7.57. The van der Waals surface area contributed by atoms with Gasteiger partial charge in [-0.2, -0.15) is 9.57 Å². The van der Waals surface area contributed by atoms with Crippen LogP contribution in [-0.2, 0) is 10.0 Å². The van der Waals surface area contributed by atoms with Crippen molar-refractivity contribution in [1.82, 2.24) is 4.31 Å². The van der Waals surface area contributed by atoms with E-state index >= 15 is 0 Å². The summed E-state index contributed by atoms with van der Waals surface area (Å²) in [7, 11) is 0.311. The smallest absolute Gasteiger partial charge is 0.243 e. The van der Waals surface area contributed by atoms with Crippen molar-refractivity contribution in [3.05, 3.63) is 66.2 Å². The Kier molecular flexibility index (Phi) is 5.37. The predicted octanol–water partition coefficient (Wildman–Crippen LogP) is 3.29. The third kappa shape index (κ3) is 3.60. The normalized spacial score (nSPS) is 15.2. The fraction of sp³-hybridized carbons (Fsp3) is 0.261. The van der Waals surface area contributed by atoms with Gasteiger partial charge < -0.3 is 9.80 Å². The predicted molar refractivity (Wildman–Crippen MR) is 120 cm³/mol. The molecule has 0 bridgehead atoms. The lowest BCUT2D eigenvalue weighted by atomic mass is 10.1. The number of nitriles is 1. The molecule has 7 heteroatoms. The molecule has 0 N–H and O–H groups in total. The van der Waals surface area contributed by atoms with E-state index in [1.807, 2.05) is 61.5 Å². The maximum absolute atomic E-state index is 13.5. The van der Waals surface area contributed by atoms with Crippen LogP contribution in [0.5, 0.6) is 0 Å². The molecule has 6 nitrogen and oxygen atoms in total. The highest BCUT2D eigenvalue weighted by atomic mass is 32.2. The monoisotopic (exact) mass is 420 g/mol. The molecule has 4 rings (SSSR count). The molecule has 0 radical (unpaired) electrons. The van der Waals surface area contributed by atoms with Crippen molar-refractivity contribution in [1.29, 1.82) is 5.26 Å². The number of piperazine rings is 1. The second kappa shape index (κ2) is 7.98. The summed E-state index contributed by atoms with van der Waals surface area (Å²) in [5.74, 6) is 0. The van der Waals surface area contributed by atoms with Gasteiger partial charge in [-0.05, 0) is 36.4 Å². The molecular formula is C23H24N4O2S. The van der Waals surface area contributed by atoms with Gasteiger partial charge in [0.05, 0.1) is 16.5 Å². The van der Waals surface area contributed by atoms with E-state index in [1.54, 1.807) is 22.5 Å². The minimum absolute atomic E-state index is 0.357. The molecule has 1 aliphatic rings. The standard InChI is InChI=1S/C23H24N4O2S/c1-25(2)22-7-3-6-21-20(22)5-4-8-23(21)30(28,29)27-15-13-26(14-16-27)19-11-9-18(17-24)10-12-19/h3-12H,13-16H2,1-2H3. The van der Waals surface area contributed by atoms with Crippen LogP contribution in [-0.4, -0.2) is 53.0 Å². The van der Waals surface area contributed by atoms with E-state index in [4.69, 9.17) is 5.26 Å². The third-order valence-electron chi connectivity index (χ3n) is 5.56. The van der Waals surface area contributed by atoms with Crippen molar-refractivity contribution in [2.24, 2.45) is 0 Å². The van der Waals surface area contributed by atoms with Crippen molar-refractivity contribution in [3.8, 4) is 6.07 Å². The average Bonchev–Trinajstić information content (AvgIpc) is 2.78. The van der Waals surface area contributed by atoms with Crippen molar-refractivity contribution in [2.75, 3.05) is 50.1 Å². The molecule has 0 aromatic heterocycles. The van der Waals surface area contributed by atoms with Gasteiger partial charge in [-0.3, -0.25) is 0 Å². The number of sulfonamides is 1. The van der Waals surface area contributed by atoms with Crippen molar-refractivity contribution in [2.45, 2.75) is 4.90 Å². The summed E-state index contributed by atoms with van der Waals surface area (Å²) in [4.78, 5) is 4.51. The van der Waals surface area contributed by atoms with E-state index < -0.39 is 10.0 Å². The van der Waals surface area contributed by atoms with E-state index in [2.05, 4.69) is 11.0 Å². The Balaban J connectivity index is 1.59. The van der Waals surface area contributed by atoms with E-state index in [1.165, 1.54) is 0 Å². The first-order valence-electron chi connectivity index (χ1n) is 9.86. The molecule has 0 amide bonds. The van der Waals surface area contributed by atoms with Gasteiger partial charge in [0.1, 0.15) is 0 Å². The maximum Gasteiger partial charge on any atom is 0.243 e. The van der Waals surface area contributed by atoms with Gasteiger partial charge in [0, 0.05) is 62.4 Å². The van der Waals surface area contributed by atoms with Crippen molar-refractivity contribution in [3.63, 3.8) is 0 Å². The zero-order valence-corrected chi connectivity index (χ0v) is 17.9. The first-order valence-corrected chi connectivity index (χ1v) is 11.3. The number of nitrogens with zero attached hydrogens (tertiary/aromatic N) is 4. The largest absolute Gasteiger partial charge is 0.377 e. The van der Waals surface area contributed by atoms with Gasteiger partial charge in [-0.1, -0.05) is 24.3 Å². The lowest BCUT2D eigenvalue weighted by molar-refractivity contribution is 0.385. The number of hydrogen-bond acceptors (Lipinski definition) is 5. The SMILES string of the molecule is CN(C)c1cccc2c(S(=O)(=O)N3CCN(c4ccc(C#N)cc4)CC3)cccc12. The average molecular weight is 421 g/mol. The molecule has 3 aromatic carbocycles. The lowest BCUT2D eigenvalue weighted by Crippen LogP contribution is -2.48. The number of fused-ring (bicyclic) bond motifs is 1. The van der Waals surface area contributed by atoms with E-state index in [0.29, 0.717) is 36.6 Å². The highest BCUT2D eigenvalue weighted by molar-refractivity contribution is 7.89. The van der Waals surface area contributed by atoms with Crippen molar-refractivity contribution >= 4 is 32.2 Å². The van der Waals surface area contributed by atoms with E-state index in [-0.39, 0.29) is 0 Å². The summed E-state index contributed by atoms with van der Waals surface area (Å²) >= 11 is 0. The van der Waals surface area contributed by atoms with Gasteiger partial charge in [-0.25, -0.2) is 8.42 Å². The molecule has 0 spiro atoms. The molecule has 30 heavy (non-hydrogen) atoms. The highest BCUT2D eigenvalue weighted by Gasteiger charge is 2.30. The Hall–Kier alpha value is -3.08. The Labute approximate surface area is 177 Å². The Morgan fingerprint density at radius 2 is 1.50 bits per heavy atom. The number of rotatable bonds is 4. The topological polar surface area (TPSA) is 67.7 Å². The Morgan fingerprint density at radius 3 is 2.13 bits per heavy atom. The molecule has 0 atom stereocenters. The molecule has 3 aromatic rings. The molecule has 1 saturated heterocycles. The first-order chi connectivity index (χ1) is 14.4. The molecular weight excluding hydrogens is 396 g/mol. The van der Waals surface area contributed by atoms with E-state index in [0.717, 1.165) is 22.1 Å². The van der Waals surface area contributed by atoms with Crippen LogP contribution >= 0.6 is 0 Å². The minimum atomic E-state index is -3.60. The zero-order valence-electron chi connectivity index (χ0n) is 17.1. The second-order valence-corrected chi connectivity index (χ2v) is 9.48. The third-order valence-corrected chi connectivity index (χ3v) is 7.52. The molecule has 1 aliphatic heterocycles. The number of anilines is 2. The van der Waals surface area contributed by atoms with Crippen LogP contribution in [0.3, 0.4) is 0 Å². The van der Waals surface area contributed by atoms with Gasteiger partial charge in [0.25, 0.3) is 0 Å². The summed E-state index contributed by atoms with van der Waals surface area (Å²) in [6.07, 6.45) is 0. The maximum atomic E-state index is 13.5. The summed E-state index contributed by atoms with van der Waals surface area (Å²) in [5, 5.41) is 10.6. The molecule has 154 valence electrons. The summed E-state index contributed by atoms with van der Waals surface area (Å²) < 4.78 is 28.5. The van der Waals surface area contributed by atoms with Crippen LogP contribution < -0.4 is 9.80 Å². The quantitative estimate of drug-likeness (QED) is 0.648. The zero-order chi connectivity index (χ0) is 21.3. The number of hydrogen-bond donors (Lipinski definition) is 0.